The smallest absolute Gasteiger partial charge is 0.258 e. The number of sulfone groups is 1. The molecule has 1 fully saturated rings. The highest BCUT2D eigenvalue weighted by atomic mass is 32.2. The fraction of sp³-hybridized carbons (Fsp3) is 0.348. The number of carbonyl (C=O) groups is 3. The van der Waals surface area contributed by atoms with Crippen LogP contribution in [0.3, 0.4) is 0 Å². The van der Waals surface area contributed by atoms with E-state index in [0.29, 0.717) is 24.1 Å². The van der Waals surface area contributed by atoms with Crippen LogP contribution in [-0.4, -0.2) is 55.5 Å². The van der Waals surface area contributed by atoms with Crippen LogP contribution in [0.2, 0.25) is 0 Å². The van der Waals surface area contributed by atoms with Gasteiger partial charge in [0.2, 0.25) is 11.8 Å². The zero-order valence-electron chi connectivity index (χ0n) is 17.8. The summed E-state index contributed by atoms with van der Waals surface area (Å²) in [5, 5.41) is 2.71. The Morgan fingerprint density at radius 2 is 1.75 bits per heavy atom. The fourth-order valence-corrected chi connectivity index (χ4v) is 5.71. The van der Waals surface area contributed by atoms with Crippen LogP contribution in [0.15, 0.2) is 59.5 Å². The van der Waals surface area contributed by atoms with Crippen molar-refractivity contribution in [3.63, 3.8) is 0 Å². The number of nitrogens with one attached hydrogen (secondary N) is 1. The Labute approximate surface area is 187 Å². The molecule has 1 N–H and O–H groups in total. The van der Waals surface area contributed by atoms with Crippen LogP contribution >= 0.6 is 0 Å². The summed E-state index contributed by atoms with van der Waals surface area (Å²) in [5.74, 6) is -0.858. The first-order valence-corrected chi connectivity index (χ1v) is 12.2. The summed E-state index contributed by atoms with van der Waals surface area (Å²) in [4.78, 5) is 41.6. The second-order valence-corrected chi connectivity index (χ2v) is 10.3. The van der Waals surface area contributed by atoms with E-state index in [9.17, 15) is 22.8 Å². The molecule has 1 atom stereocenters. The summed E-state index contributed by atoms with van der Waals surface area (Å²) >= 11 is 0. The van der Waals surface area contributed by atoms with Gasteiger partial charge in [0, 0.05) is 13.0 Å². The topological polar surface area (TPSA) is 104 Å². The molecule has 168 valence electrons. The van der Waals surface area contributed by atoms with Crippen LogP contribution in [0, 0.1) is 0 Å². The number of anilines is 1. The molecule has 0 radical (unpaired) electrons. The second kappa shape index (κ2) is 8.38. The van der Waals surface area contributed by atoms with Gasteiger partial charge in [0.15, 0.2) is 9.84 Å². The van der Waals surface area contributed by atoms with E-state index in [1.54, 1.807) is 66.4 Å². The van der Waals surface area contributed by atoms with Crippen LogP contribution in [0.5, 0.6) is 0 Å². The SMILES string of the molecule is CC12CCC(=O)N1c1ccccc1C(=O)N2CC(=O)NCCCS(=O)(=O)c1ccccc1. The second-order valence-electron chi connectivity index (χ2n) is 8.19. The molecular weight excluding hydrogens is 430 g/mol. The highest BCUT2D eigenvalue weighted by molar-refractivity contribution is 7.91. The lowest BCUT2D eigenvalue weighted by molar-refractivity contribution is -0.124. The van der Waals surface area contributed by atoms with Crippen LogP contribution in [0.25, 0.3) is 0 Å². The molecule has 4 rings (SSSR count). The standard InChI is InChI=1S/C23H25N3O5S/c1-23-13-12-21(28)26(23)19-11-6-5-10-18(19)22(29)25(23)16-20(27)24-14-7-15-32(30,31)17-8-3-2-4-9-17/h2-6,8-11H,7,12-16H2,1H3,(H,24,27). The van der Waals surface area contributed by atoms with Crippen LogP contribution in [-0.2, 0) is 19.4 Å². The predicted octanol–water partition coefficient (Wildman–Crippen LogP) is 1.97. The summed E-state index contributed by atoms with van der Waals surface area (Å²) in [6.07, 6.45) is 0.990. The number of benzene rings is 2. The molecule has 9 heteroatoms. The number of carbonyl (C=O) groups excluding carboxylic acids is 3. The minimum absolute atomic E-state index is 0.0797. The van der Waals surface area contributed by atoms with Gasteiger partial charge in [-0.15, -0.1) is 0 Å². The number of rotatable bonds is 7. The molecule has 0 aromatic heterocycles. The number of hydrogen-bond donors (Lipinski definition) is 1. The largest absolute Gasteiger partial charge is 0.355 e. The third-order valence-electron chi connectivity index (χ3n) is 6.06. The fourth-order valence-electron chi connectivity index (χ4n) is 4.38. The summed E-state index contributed by atoms with van der Waals surface area (Å²) in [6, 6.07) is 15.1. The summed E-state index contributed by atoms with van der Waals surface area (Å²) in [6.45, 7) is 1.76. The first-order valence-electron chi connectivity index (χ1n) is 10.5. The van der Waals surface area contributed by atoms with Gasteiger partial charge in [0.05, 0.1) is 21.9 Å². The maximum Gasteiger partial charge on any atom is 0.258 e. The maximum atomic E-state index is 13.2. The van der Waals surface area contributed by atoms with Gasteiger partial charge in [0.1, 0.15) is 12.2 Å². The third kappa shape index (κ3) is 3.88. The lowest BCUT2D eigenvalue weighted by Gasteiger charge is -2.48. The van der Waals surface area contributed by atoms with E-state index in [1.807, 2.05) is 0 Å². The Morgan fingerprint density at radius 3 is 2.50 bits per heavy atom. The number of fused-ring (bicyclic) bond motifs is 3. The van der Waals surface area contributed by atoms with Crippen molar-refractivity contribution in [3.05, 3.63) is 60.2 Å². The molecule has 2 aromatic rings. The van der Waals surface area contributed by atoms with Crippen molar-refractivity contribution >= 4 is 33.2 Å². The van der Waals surface area contributed by atoms with Crippen LogP contribution in [0.4, 0.5) is 5.69 Å². The van der Waals surface area contributed by atoms with Gasteiger partial charge in [-0.3, -0.25) is 19.3 Å². The molecular formula is C23H25N3O5S. The normalized spacial score (nSPS) is 20.2. The van der Waals surface area contributed by atoms with Gasteiger partial charge in [-0.1, -0.05) is 30.3 Å². The van der Waals surface area contributed by atoms with E-state index in [4.69, 9.17) is 0 Å². The zero-order chi connectivity index (χ0) is 22.9. The van der Waals surface area contributed by atoms with Crippen LogP contribution in [0.1, 0.15) is 36.5 Å². The lowest BCUT2D eigenvalue weighted by Crippen LogP contribution is -2.63. The first-order chi connectivity index (χ1) is 15.2. The average molecular weight is 456 g/mol. The third-order valence-corrected chi connectivity index (χ3v) is 7.88. The molecule has 32 heavy (non-hydrogen) atoms. The van der Waals surface area contributed by atoms with Gasteiger partial charge in [-0.05, 0) is 44.0 Å². The molecule has 0 spiro atoms. The minimum Gasteiger partial charge on any atom is -0.355 e. The van der Waals surface area contributed by atoms with Crippen molar-refractivity contribution in [1.82, 2.24) is 10.2 Å². The van der Waals surface area contributed by atoms with Crippen molar-refractivity contribution in [2.75, 3.05) is 23.7 Å². The van der Waals surface area contributed by atoms with E-state index in [2.05, 4.69) is 5.32 Å². The molecule has 3 amide bonds. The zero-order valence-corrected chi connectivity index (χ0v) is 18.6. The molecule has 1 unspecified atom stereocenters. The Morgan fingerprint density at radius 1 is 1.06 bits per heavy atom. The monoisotopic (exact) mass is 455 g/mol. The van der Waals surface area contributed by atoms with Crippen molar-refractivity contribution in [2.24, 2.45) is 0 Å². The first kappa shape index (κ1) is 22.0. The molecule has 2 aromatic carbocycles. The van der Waals surface area contributed by atoms with E-state index in [-0.39, 0.29) is 42.0 Å². The quantitative estimate of drug-likeness (QED) is 0.643. The molecule has 8 nitrogen and oxygen atoms in total. The number of hydrogen-bond acceptors (Lipinski definition) is 5. The van der Waals surface area contributed by atoms with Gasteiger partial charge < -0.3 is 10.2 Å². The molecule has 0 bridgehead atoms. The Balaban J connectivity index is 1.40. The number of amides is 3. The minimum atomic E-state index is -3.42. The molecule has 0 saturated carbocycles. The summed E-state index contributed by atoms with van der Waals surface area (Å²) < 4.78 is 24.7. The van der Waals surface area contributed by atoms with Crippen molar-refractivity contribution < 1.29 is 22.8 Å². The summed E-state index contributed by atoms with van der Waals surface area (Å²) in [7, 11) is -3.42. The van der Waals surface area contributed by atoms with Gasteiger partial charge in [-0.25, -0.2) is 8.42 Å². The number of nitrogens with zero attached hydrogens (tertiary/aromatic N) is 2. The highest BCUT2D eigenvalue weighted by Gasteiger charge is 2.53. The van der Waals surface area contributed by atoms with E-state index in [0.717, 1.165) is 0 Å². The predicted molar refractivity (Wildman–Crippen MR) is 119 cm³/mol. The molecule has 0 aliphatic carbocycles. The van der Waals surface area contributed by atoms with Gasteiger partial charge in [-0.2, -0.15) is 0 Å². The molecule has 2 aliphatic heterocycles. The summed E-state index contributed by atoms with van der Waals surface area (Å²) in [5.41, 5.74) is 0.0588. The molecule has 2 aliphatic rings. The maximum absolute atomic E-state index is 13.2. The lowest BCUT2D eigenvalue weighted by atomic mass is 9.98. The highest BCUT2D eigenvalue weighted by Crippen LogP contribution is 2.43. The Kier molecular flexibility index (Phi) is 5.77. The van der Waals surface area contributed by atoms with Crippen molar-refractivity contribution in [1.29, 1.82) is 0 Å². The van der Waals surface area contributed by atoms with Gasteiger partial charge >= 0.3 is 0 Å². The van der Waals surface area contributed by atoms with Crippen molar-refractivity contribution in [3.8, 4) is 0 Å². The number of para-hydroxylation sites is 1. The van der Waals surface area contributed by atoms with Crippen molar-refractivity contribution in [2.45, 2.75) is 36.7 Å². The average Bonchev–Trinajstić information content (AvgIpc) is 3.10. The molecule has 2 heterocycles. The van der Waals surface area contributed by atoms with E-state index >= 15 is 0 Å². The van der Waals surface area contributed by atoms with Crippen LogP contribution < -0.4 is 10.2 Å². The molecule has 1 saturated heterocycles. The Hall–Kier alpha value is -3.20. The van der Waals surface area contributed by atoms with Gasteiger partial charge in [0.25, 0.3) is 5.91 Å². The van der Waals surface area contributed by atoms with E-state index < -0.39 is 21.4 Å². The van der Waals surface area contributed by atoms with E-state index in [1.165, 1.54) is 4.90 Å². The Bertz CT molecular complexity index is 1170.